The minimum absolute atomic E-state index is 0.0439. The average Bonchev–Trinajstić information content (AvgIpc) is 2.33. The molecule has 0 spiro atoms. The summed E-state index contributed by atoms with van der Waals surface area (Å²) in [5.41, 5.74) is -0.0439. The monoisotopic (exact) mass is 271 g/mol. The van der Waals surface area contributed by atoms with E-state index in [-0.39, 0.29) is 11.8 Å². The molecule has 0 amide bonds. The Kier molecular flexibility index (Phi) is 4.48. The first-order valence-corrected chi connectivity index (χ1v) is 7.08. The number of hydrogen-bond acceptors (Lipinski definition) is 4. The molecule has 2 fully saturated rings. The van der Waals surface area contributed by atoms with Gasteiger partial charge in [-0.05, 0) is 18.3 Å². The molecule has 1 N–H and O–H groups in total. The highest BCUT2D eigenvalue weighted by atomic mass is 16.7. The number of rotatable bonds is 6. The molecule has 0 atom stereocenters. The maximum absolute atomic E-state index is 11.1. The molecule has 0 aromatic rings. The van der Waals surface area contributed by atoms with Crippen molar-refractivity contribution >= 4 is 5.97 Å². The summed E-state index contributed by atoms with van der Waals surface area (Å²) in [6, 6.07) is 0. The molecule has 0 aromatic carbocycles. The minimum Gasteiger partial charge on any atom is -0.481 e. The second-order valence-electron chi connectivity index (χ2n) is 6.10. The van der Waals surface area contributed by atoms with Crippen LogP contribution < -0.4 is 0 Å². The van der Waals surface area contributed by atoms with Gasteiger partial charge in [0.25, 0.3) is 0 Å². The van der Waals surface area contributed by atoms with Crippen LogP contribution in [-0.4, -0.2) is 55.6 Å². The van der Waals surface area contributed by atoms with Gasteiger partial charge in [0.15, 0.2) is 5.79 Å². The fourth-order valence-corrected chi connectivity index (χ4v) is 3.58. The van der Waals surface area contributed by atoms with Gasteiger partial charge in [-0.2, -0.15) is 0 Å². The molecular formula is C14H25NO4. The molecule has 1 saturated carbocycles. The third kappa shape index (κ3) is 3.27. The summed E-state index contributed by atoms with van der Waals surface area (Å²) in [6.45, 7) is 2.33. The number of carboxylic acids is 1. The van der Waals surface area contributed by atoms with E-state index < -0.39 is 11.8 Å². The van der Waals surface area contributed by atoms with Gasteiger partial charge in [-0.1, -0.05) is 19.3 Å². The van der Waals surface area contributed by atoms with Gasteiger partial charge >= 0.3 is 5.97 Å². The summed E-state index contributed by atoms with van der Waals surface area (Å²) in [6.07, 6.45) is 5.89. The number of aliphatic carboxylic acids is 1. The predicted molar refractivity (Wildman–Crippen MR) is 71.0 cm³/mol. The van der Waals surface area contributed by atoms with Crippen molar-refractivity contribution in [2.75, 3.05) is 33.9 Å². The average molecular weight is 271 g/mol. The van der Waals surface area contributed by atoms with Crippen molar-refractivity contribution in [3.8, 4) is 0 Å². The Hall–Kier alpha value is -0.650. The lowest BCUT2D eigenvalue weighted by molar-refractivity contribution is -0.279. The van der Waals surface area contributed by atoms with Crippen LogP contribution in [0.25, 0.3) is 0 Å². The summed E-state index contributed by atoms with van der Waals surface area (Å²) in [5, 5.41) is 9.16. The van der Waals surface area contributed by atoms with Crippen molar-refractivity contribution < 1.29 is 19.4 Å². The largest absolute Gasteiger partial charge is 0.481 e. The van der Waals surface area contributed by atoms with E-state index in [1.807, 2.05) is 0 Å². The smallest absolute Gasteiger partial charge is 0.303 e. The fraction of sp³-hybridized carbons (Fsp3) is 0.929. The van der Waals surface area contributed by atoms with Crippen LogP contribution >= 0.6 is 0 Å². The Morgan fingerprint density at radius 1 is 1.16 bits per heavy atom. The van der Waals surface area contributed by atoms with E-state index in [0.29, 0.717) is 0 Å². The van der Waals surface area contributed by atoms with Gasteiger partial charge in [-0.15, -0.1) is 0 Å². The second kappa shape index (κ2) is 5.77. The summed E-state index contributed by atoms with van der Waals surface area (Å²) < 4.78 is 10.8. The lowest BCUT2D eigenvalue weighted by atomic mass is 9.71. The topological polar surface area (TPSA) is 59.0 Å². The molecular weight excluding hydrogens is 246 g/mol. The summed E-state index contributed by atoms with van der Waals surface area (Å²) >= 11 is 0. The van der Waals surface area contributed by atoms with E-state index in [9.17, 15) is 4.79 Å². The van der Waals surface area contributed by atoms with Crippen molar-refractivity contribution in [1.82, 2.24) is 4.90 Å². The van der Waals surface area contributed by atoms with E-state index in [1.165, 1.54) is 6.42 Å². The van der Waals surface area contributed by atoms with Crippen molar-refractivity contribution in [1.29, 1.82) is 0 Å². The highest BCUT2D eigenvalue weighted by molar-refractivity contribution is 5.67. The third-order valence-corrected chi connectivity index (χ3v) is 4.67. The van der Waals surface area contributed by atoms with Gasteiger partial charge in [0.1, 0.15) is 0 Å². The van der Waals surface area contributed by atoms with E-state index in [1.54, 1.807) is 14.2 Å². The van der Waals surface area contributed by atoms with Crippen molar-refractivity contribution in [2.24, 2.45) is 5.41 Å². The Morgan fingerprint density at radius 2 is 1.74 bits per heavy atom. The first-order valence-electron chi connectivity index (χ1n) is 7.08. The van der Waals surface area contributed by atoms with Crippen LogP contribution in [0.3, 0.4) is 0 Å². The number of ether oxygens (including phenoxy) is 2. The van der Waals surface area contributed by atoms with Crippen molar-refractivity contribution in [3.05, 3.63) is 0 Å². The first-order chi connectivity index (χ1) is 9.03. The second-order valence-corrected chi connectivity index (χ2v) is 6.10. The standard InChI is InChI=1S/C14H25NO4/c1-18-14(19-2)10-15(11-14)9-13(8-12(16)17)6-4-3-5-7-13/h3-11H2,1-2H3,(H,16,17). The highest BCUT2D eigenvalue weighted by Gasteiger charge is 2.47. The van der Waals surface area contributed by atoms with Crippen LogP contribution in [0.2, 0.25) is 0 Å². The molecule has 1 aliphatic heterocycles. The molecule has 0 bridgehead atoms. The molecule has 0 aromatic heterocycles. The number of carboxylic acid groups (broad SMARTS) is 1. The zero-order valence-electron chi connectivity index (χ0n) is 12.0. The molecule has 19 heavy (non-hydrogen) atoms. The van der Waals surface area contributed by atoms with Crippen molar-refractivity contribution in [2.45, 2.75) is 44.3 Å². The maximum atomic E-state index is 11.1. The van der Waals surface area contributed by atoms with Crippen LogP contribution in [0, 0.1) is 5.41 Å². The zero-order valence-corrected chi connectivity index (χ0v) is 12.0. The number of methoxy groups -OCH3 is 2. The Balaban J connectivity index is 1.93. The predicted octanol–water partition coefficient (Wildman–Crippen LogP) is 1.72. The van der Waals surface area contributed by atoms with Crippen LogP contribution in [0.15, 0.2) is 0 Å². The van der Waals surface area contributed by atoms with Crippen molar-refractivity contribution in [3.63, 3.8) is 0 Å². The number of carbonyl (C=O) groups is 1. The molecule has 2 rings (SSSR count). The molecule has 2 aliphatic rings. The highest BCUT2D eigenvalue weighted by Crippen LogP contribution is 2.42. The fourth-order valence-electron chi connectivity index (χ4n) is 3.58. The number of nitrogens with zero attached hydrogens (tertiary/aromatic N) is 1. The lowest BCUT2D eigenvalue weighted by Gasteiger charge is -2.51. The normalized spacial score (nSPS) is 25.8. The molecule has 0 unspecified atom stereocenters. The van der Waals surface area contributed by atoms with Gasteiger partial charge in [0.2, 0.25) is 0 Å². The Morgan fingerprint density at radius 3 is 2.21 bits per heavy atom. The molecule has 1 saturated heterocycles. The minimum atomic E-state index is -0.674. The molecule has 1 heterocycles. The van der Waals surface area contributed by atoms with Gasteiger partial charge < -0.3 is 14.6 Å². The molecule has 0 radical (unpaired) electrons. The number of likely N-dealkylation sites (tertiary alicyclic amines) is 1. The van der Waals surface area contributed by atoms with Crippen LogP contribution in [0.4, 0.5) is 0 Å². The Labute approximate surface area is 114 Å². The van der Waals surface area contributed by atoms with E-state index >= 15 is 0 Å². The summed E-state index contributed by atoms with van der Waals surface area (Å²) in [7, 11) is 3.32. The molecule has 5 heteroatoms. The van der Waals surface area contributed by atoms with E-state index in [0.717, 1.165) is 45.3 Å². The quantitative estimate of drug-likeness (QED) is 0.745. The van der Waals surface area contributed by atoms with E-state index in [2.05, 4.69) is 4.90 Å². The number of hydrogen-bond donors (Lipinski definition) is 1. The lowest BCUT2D eigenvalue weighted by Crippen LogP contribution is -2.65. The van der Waals surface area contributed by atoms with Crippen LogP contribution in [-0.2, 0) is 14.3 Å². The molecule has 110 valence electrons. The zero-order chi connectivity index (χ0) is 13.9. The summed E-state index contributed by atoms with van der Waals surface area (Å²) in [5.74, 6) is -1.15. The van der Waals surface area contributed by atoms with Gasteiger partial charge in [0.05, 0.1) is 19.5 Å². The first kappa shape index (κ1) is 14.8. The molecule has 1 aliphatic carbocycles. The van der Waals surface area contributed by atoms with Gasteiger partial charge in [-0.3, -0.25) is 9.69 Å². The SMILES string of the molecule is COC1(OC)CN(CC2(CC(=O)O)CCCCC2)C1. The molecule has 5 nitrogen and oxygen atoms in total. The summed E-state index contributed by atoms with van der Waals surface area (Å²) in [4.78, 5) is 13.4. The van der Waals surface area contributed by atoms with E-state index in [4.69, 9.17) is 14.6 Å². The van der Waals surface area contributed by atoms with Crippen LogP contribution in [0.1, 0.15) is 38.5 Å². The Bertz CT molecular complexity index is 313. The van der Waals surface area contributed by atoms with Crippen LogP contribution in [0.5, 0.6) is 0 Å². The third-order valence-electron chi connectivity index (χ3n) is 4.67. The maximum Gasteiger partial charge on any atom is 0.303 e. The van der Waals surface area contributed by atoms with Gasteiger partial charge in [0, 0.05) is 20.8 Å². The van der Waals surface area contributed by atoms with Gasteiger partial charge in [-0.25, -0.2) is 0 Å².